The zero-order chi connectivity index (χ0) is 18.5. The maximum Gasteiger partial charge on any atom is 0.142 e. The topological polar surface area (TPSA) is 20.6 Å². The molecule has 0 unspecified atom stereocenters. The van der Waals surface area contributed by atoms with E-state index >= 15 is 0 Å². The number of aromatic nitrogens is 1. The van der Waals surface area contributed by atoms with E-state index < -0.39 is 0 Å². The molecule has 0 saturated carbocycles. The Morgan fingerprint density at radius 1 is 0.741 bits per heavy atom. The number of para-hydroxylation sites is 2. The molecule has 1 fully saturated rings. The van der Waals surface area contributed by atoms with Crippen LogP contribution in [0, 0.1) is 0 Å². The van der Waals surface area contributed by atoms with Crippen molar-refractivity contribution in [2.24, 2.45) is 0 Å². The minimum atomic E-state index is 0.905. The average molecular weight is 361 g/mol. The van der Waals surface area contributed by atoms with Gasteiger partial charge in [-0.3, -0.25) is 9.80 Å². The lowest BCUT2D eigenvalue weighted by atomic mass is 10.2. The first-order chi connectivity index (χ1) is 13.3. The fourth-order valence-electron chi connectivity index (χ4n) is 3.79. The summed E-state index contributed by atoms with van der Waals surface area (Å²) < 4.78 is 7.79. The number of piperazine rings is 1. The predicted molar refractivity (Wildman–Crippen MR) is 109 cm³/mol. The van der Waals surface area contributed by atoms with Crippen LogP contribution in [0.2, 0.25) is 0 Å². The van der Waals surface area contributed by atoms with E-state index in [0.717, 1.165) is 50.7 Å². The third kappa shape index (κ3) is 4.24. The van der Waals surface area contributed by atoms with Gasteiger partial charge in [-0.05, 0) is 29.8 Å². The van der Waals surface area contributed by atoms with Crippen LogP contribution < -0.4 is 4.74 Å². The van der Waals surface area contributed by atoms with Gasteiger partial charge in [0.15, 0.2) is 0 Å². The highest BCUT2D eigenvalue weighted by Crippen LogP contribution is 2.24. The van der Waals surface area contributed by atoms with Crippen molar-refractivity contribution in [2.45, 2.75) is 13.1 Å². The number of ether oxygens (including phenoxy) is 1. The van der Waals surface area contributed by atoms with Gasteiger partial charge in [-0.1, -0.05) is 42.5 Å². The zero-order valence-corrected chi connectivity index (χ0v) is 15.9. The number of nitrogens with zero attached hydrogens (tertiary/aromatic N) is 3. The maximum absolute atomic E-state index is 5.54. The zero-order valence-electron chi connectivity index (χ0n) is 15.9. The standard InChI is InChI=1S/C23H27N3O/c1-27-23-12-6-5-11-22(23)26-13-7-10-21(26)19-25-16-14-24(15-17-25)18-20-8-3-2-4-9-20/h2-13H,14-19H2,1H3. The number of hydrogen-bond acceptors (Lipinski definition) is 3. The first-order valence-electron chi connectivity index (χ1n) is 9.62. The lowest BCUT2D eigenvalue weighted by molar-refractivity contribution is 0.120. The van der Waals surface area contributed by atoms with Gasteiger partial charge < -0.3 is 9.30 Å². The fourth-order valence-corrected chi connectivity index (χ4v) is 3.79. The SMILES string of the molecule is COc1ccccc1-n1cccc1CN1CCN(Cc2ccccc2)CC1. The molecule has 2 heterocycles. The summed E-state index contributed by atoms with van der Waals surface area (Å²) in [6, 6.07) is 23.3. The molecule has 0 radical (unpaired) electrons. The van der Waals surface area contributed by atoms with Gasteiger partial charge in [-0.15, -0.1) is 0 Å². The monoisotopic (exact) mass is 361 g/mol. The van der Waals surface area contributed by atoms with Gasteiger partial charge in [0.2, 0.25) is 0 Å². The quantitative estimate of drug-likeness (QED) is 0.666. The Labute approximate surface area is 161 Å². The molecule has 4 nitrogen and oxygen atoms in total. The molecule has 0 N–H and O–H groups in total. The second-order valence-electron chi connectivity index (χ2n) is 7.08. The molecule has 4 heteroatoms. The van der Waals surface area contributed by atoms with Crippen molar-refractivity contribution >= 4 is 0 Å². The summed E-state index contributed by atoms with van der Waals surface area (Å²) in [7, 11) is 1.73. The number of hydrogen-bond donors (Lipinski definition) is 0. The number of benzene rings is 2. The van der Waals surface area contributed by atoms with E-state index in [1.54, 1.807) is 7.11 Å². The molecule has 1 aromatic heterocycles. The Hall–Kier alpha value is -2.56. The van der Waals surface area contributed by atoms with Crippen molar-refractivity contribution in [1.82, 2.24) is 14.4 Å². The second-order valence-corrected chi connectivity index (χ2v) is 7.08. The van der Waals surface area contributed by atoms with E-state index in [-0.39, 0.29) is 0 Å². The number of rotatable bonds is 6. The van der Waals surface area contributed by atoms with Crippen molar-refractivity contribution in [1.29, 1.82) is 0 Å². The summed E-state index contributed by atoms with van der Waals surface area (Å²) in [6.45, 7) is 6.44. The van der Waals surface area contributed by atoms with Crippen LogP contribution in [-0.4, -0.2) is 47.7 Å². The smallest absolute Gasteiger partial charge is 0.142 e. The van der Waals surface area contributed by atoms with Gasteiger partial charge in [0.1, 0.15) is 5.75 Å². The van der Waals surface area contributed by atoms with Crippen LogP contribution in [0.5, 0.6) is 5.75 Å². The third-order valence-electron chi connectivity index (χ3n) is 5.28. The summed E-state index contributed by atoms with van der Waals surface area (Å²) in [4.78, 5) is 5.09. The molecule has 0 aliphatic carbocycles. The summed E-state index contributed by atoms with van der Waals surface area (Å²) >= 11 is 0. The minimum Gasteiger partial charge on any atom is -0.495 e. The largest absolute Gasteiger partial charge is 0.495 e. The normalized spacial score (nSPS) is 15.7. The van der Waals surface area contributed by atoms with Gasteiger partial charge in [0.05, 0.1) is 12.8 Å². The van der Waals surface area contributed by atoms with Crippen molar-refractivity contribution in [3.63, 3.8) is 0 Å². The second kappa shape index (κ2) is 8.42. The molecule has 1 aliphatic rings. The molecule has 1 saturated heterocycles. The van der Waals surface area contributed by atoms with Gasteiger partial charge in [-0.25, -0.2) is 0 Å². The van der Waals surface area contributed by atoms with Crippen LogP contribution in [0.3, 0.4) is 0 Å². The molecule has 0 spiro atoms. The Kier molecular flexibility index (Phi) is 5.56. The lowest BCUT2D eigenvalue weighted by Crippen LogP contribution is -2.45. The molecule has 0 bridgehead atoms. The predicted octanol–water partition coefficient (Wildman–Crippen LogP) is 3.80. The highest BCUT2D eigenvalue weighted by atomic mass is 16.5. The van der Waals surface area contributed by atoms with E-state index in [1.807, 2.05) is 12.1 Å². The average Bonchev–Trinajstić information content (AvgIpc) is 3.18. The van der Waals surface area contributed by atoms with Crippen LogP contribution >= 0.6 is 0 Å². The summed E-state index contributed by atoms with van der Waals surface area (Å²) in [5.74, 6) is 0.905. The molecule has 140 valence electrons. The summed E-state index contributed by atoms with van der Waals surface area (Å²) in [5, 5.41) is 0. The van der Waals surface area contributed by atoms with E-state index in [1.165, 1.54) is 11.3 Å². The van der Waals surface area contributed by atoms with Crippen molar-refractivity contribution in [3.05, 3.63) is 84.2 Å². The molecule has 3 aromatic rings. The fraction of sp³-hybridized carbons (Fsp3) is 0.304. The Balaban J connectivity index is 1.38. The molecular weight excluding hydrogens is 334 g/mol. The highest BCUT2D eigenvalue weighted by molar-refractivity contribution is 5.48. The van der Waals surface area contributed by atoms with Crippen LogP contribution in [0.15, 0.2) is 72.9 Å². The van der Waals surface area contributed by atoms with Crippen molar-refractivity contribution in [2.75, 3.05) is 33.3 Å². The Morgan fingerprint density at radius 2 is 1.41 bits per heavy atom. The van der Waals surface area contributed by atoms with Gasteiger partial charge >= 0.3 is 0 Å². The van der Waals surface area contributed by atoms with E-state index in [9.17, 15) is 0 Å². The number of methoxy groups -OCH3 is 1. The van der Waals surface area contributed by atoms with Crippen LogP contribution in [0.1, 0.15) is 11.3 Å². The van der Waals surface area contributed by atoms with Crippen molar-refractivity contribution < 1.29 is 4.74 Å². The van der Waals surface area contributed by atoms with Crippen LogP contribution in [0.4, 0.5) is 0 Å². The Morgan fingerprint density at radius 3 is 2.15 bits per heavy atom. The minimum absolute atomic E-state index is 0.905. The molecular formula is C23H27N3O. The molecule has 2 aromatic carbocycles. The molecule has 27 heavy (non-hydrogen) atoms. The Bertz CT molecular complexity index is 851. The summed E-state index contributed by atoms with van der Waals surface area (Å²) in [5.41, 5.74) is 3.80. The van der Waals surface area contributed by atoms with E-state index in [4.69, 9.17) is 4.74 Å². The molecule has 1 aliphatic heterocycles. The van der Waals surface area contributed by atoms with Gasteiger partial charge in [-0.2, -0.15) is 0 Å². The molecule has 0 amide bonds. The van der Waals surface area contributed by atoms with Crippen molar-refractivity contribution in [3.8, 4) is 11.4 Å². The maximum atomic E-state index is 5.54. The first-order valence-corrected chi connectivity index (χ1v) is 9.62. The third-order valence-corrected chi connectivity index (χ3v) is 5.28. The highest BCUT2D eigenvalue weighted by Gasteiger charge is 2.18. The molecule has 4 rings (SSSR count). The van der Waals surface area contributed by atoms with E-state index in [2.05, 4.69) is 75.2 Å². The van der Waals surface area contributed by atoms with Gasteiger partial charge in [0, 0.05) is 51.2 Å². The van der Waals surface area contributed by atoms with E-state index in [0.29, 0.717) is 0 Å². The first kappa shape index (κ1) is 17.8. The van der Waals surface area contributed by atoms with Crippen LogP contribution in [-0.2, 0) is 13.1 Å². The molecule has 0 atom stereocenters. The summed E-state index contributed by atoms with van der Waals surface area (Å²) in [6.07, 6.45) is 2.12. The lowest BCUT2D eigenvalue weighted by Gasteiger charge is -2.34. The van der Waals surface area contributed by atoms with Gasteiger partial charge in [0.25, 0.3) is 0 Å². The van der Waals surface area contributed by atoms with Crippen LogP contribution in [0.25, 0.3) is 5.69 Å².